The zero-order chi connectivity index (χ0) is 15.5. The highest BCUT2D eigenvalue weighted by molar-refractivity contribution is 5.78. The standard InChI is InChI=1S/C15H22N2O4/c1-17(10-11-21-13-6-4-3-5-7-13)12-14(18)16-9-8-15(19)20-2/h3-7H,8-12H2,1-2H3,(H,16,18). The third-order valence-corrected chi connectivity index (χ3v) is 2.78. The lowest BCUT2D eigenvalue weighted by Gasteiger charge is -2.16. The van der Waals surface area contributed by atoms with Gasteiger partial charge in [0.25, 0.3) is 0 Å². The van der Waals surface area contributed by atoms with E-state index in [0.717, 1.165) is 5.75 Å². The minimum Gasteiger partial charge on any atom is -0.492 e. The van der Waals surface area contributed by atoms with Crippen LogP contribution in [-0.2, 0) is 14.3 Å². The van der Waals surface area contributed by atoms with E-state index in [1.807, 2.05) is 42.3 Å². The molecule has 0 bridgehead atoms. The number of carbonyl (C=O) groups is 2. The molecule has 0 fully saturated rings. The van der Waals surface area contributed by atoms with E-state index in [0.29, 0.717) is 19.7 Å². The molecule has 1 amide bonds. The number of amides is 1. The van der Waals surface area contributed by atoms with Gasteiger partial charge in [0.15, 0.2) is 0 Å². The van der Waals surface area contributed by atoms with Crippen LogP contribution in [0.15, 0.2) is 30.3 Å². The predicted molar refractivity (Wildman–Crippen MR) is 79.1 cm³/mol. The average molecular weight is 294 g/mol. The summed E-state index contributed by atoms with van der Waals surface area (Å²) in [5.41, 5.74) is 0. The predicted octanol–water partition coefficient (Wildman–Crippen LogP) is 0.677. The lowest BCUT2D eigenvalue weighted by Crippen LogP contribution is -2.37. The third kappa shape index (κ3) is 7.94. The second-order valence-electron chi connectivity index (χ2n) is 4.58. The number of nitrogens with zero attached hydrogens (tertiary/aromatic N) is 1. The number of benzene rings is 1. The van der Waals surface area contributed by atoms with E-state index in [-0.39, 0.29) is 24.8 Å². The molecule has 0 saturated heterocycles. The summed E-state index contributed by atoms with van der Waals surface area (Å²) in [5, 5.41) is 2.66. The maximum atomic E-state index is 11.6. The van der Waals surface area contributed by atoms with Gasteiger partial charge in [0.1, 0.15) is 12.4 Å². The molecule has 0 aliphatic heterocycles. The number of rotatable bonds is 9. The summed E-state index contributed by atoms with van der Waals surface area (Å²) in [6.07, 6.45) is 0.184. The van der Waals surface area contributed by atoms with Crippen molar-refractivity contribution in [1.29, 1.82) is 0 Å². The molecule has 116 valence electrons. The Labute approximate surface area is 125 Å². The number of carbonyl (C=O) groups excluding carboxylic acids is 2. The van der Waals surface area contributed by atoms with Crippen molar-refractivity contribution in [3.8, 4) is 5.75 Å². The van der Waals surface area contributed by atoms with Crippen LogP contribution in [0, 0.1) is 0 Å². The number of hydrogen-bond acceptors (Lipinski definition) is 5. The topological polar surface area (TPSA) is 67.9 Å². The van der Waals surface area contributed by atoms with Gasteiger partial charge in [0, 0.05) is 13.1 Å². The molecule has 0 aliphatic carbocycles. The van der Waals surface area contributed by atoms with Crippen molar-refractivity contribution in [3.05, 3.63) is 30.3 Å². The van der Waals surface area contributed by atoms with E-state index in [2.05, 4.69) is 10.1 Å². The average Bonchev–Trinajstić information content (AvgIpc) is 2.48. The van der Waals surface area contributed by atoms with Crippen LogP contribution in [0.2, 0.25) is 0 Å². The minimum atomic E-state index is -0.333. The quantitative estimate of drug-likeness (QED) is 0.678. The summed E-state index contributed by atoms with van der Waals surface area (Å²) in [7, 11) is 3.17. The molecule has 0 unspecified atom stereocenters. The number of likely N-dealkylation sites (N-methyl/N-ethyl adjacent to an activating group) is 1. The number of esters is 1. The number of ether oxygens (including phenoxy) is 2. The SMILES string of the molecule is COC(=O)CCNC(=O)CN(C)CCOc1ccccc1. The molecular formula is C15H22N2O4. The number of para-hydroxylation sites is 1. The first-order chi connectivity index (χ1) is 10.1. The van der Waals surface area contributed by atoms with Crippen molar-refractivity contribution >= 4 is 11.9 Å². The van der Waals surface area contributed by atoms with E-state index in [1.54, 1.807) is 0 Å². The lowest BCUT2D eigenvalue weighted by molar-refractivity contribution is -0.140. The van der Waals surface area contributed by atoms with Gasteiger partial charge in [-0.1, -0.05) is 18.2 Å². The van der Waals surface area contributed by atoms with Gasteiger partial charge in [-0.15, -0.1) is 0 Å². The van der Waals surface area contributed by atoms with E-state index >= 15 is 0 Å². The normalized spacial score (nSPS) is 10.2. The van der Waals surface area contributed by atoms with Gasteiger partial charge in [0.05, 0.1) is 20.1 Å². The molecule has 0 heterocycles. The zero-order valence-corrected chi connectivity index (χ0v) is 12.5. The highest BCUT2D eigenvalue weighted by atomic mass is 16.5. The fourth-order valence-electron chi connectivity index (χ4n) is 1.62. The van der Waals surface area contributed by atoms with Crippen molar-refractivity contribution in [1.82, 2.24) is 10.2 Å². The molecule has 1 rings (SSSR count). The summed E-state index contributed by atoms with van der Waals surface area (Å²) in [6.45, 7) is 1.70. The van der Waals surface area contributed by atoms with Gasteiger partial charge in [-0.25, -0.2) is 0 Å². The molecule has 0 saturated carbocycles. The van der Waals surface area contributed by atoms with Crippen LogP contribution in [0.25, 0.3) is 0 Å². The molecule has 6 heteroatoms. The largest absolute Gasteiger partial charge is 0.492 e. The fourth-order valence-corrected chi connectivity index (χ4v) is 1.62. The summed E-state index contributed by atoms with van der Waals surface area (Å²) in [4.78, 5) is 24.4. The van der Waals surface area contributed by atoms with Gasteiger partial charge < -0.3 is 14.8 Å². The lowest BCUT2D eigenvalue weighted by atomic mass is 10.3. The summed E-state index contributed by atoms with van der Waals surface area (Å²) in [5.74, 6) is 0.356. The van der Waals surface area contributed by atoms with Crippen LogP contribution in [0.1, 0.15) is 6.42 Å². The number of hydrogen-bond donors (Lipinski definition) is 1. The molecule has 6 nitrogen and oxygen atoms in total. The van der Waals surface area contributed by atoms with Crippen molar-refractivity contribution < 1.29 is 19.1 Å². The Morgan fingerprint density at radius 1 is 1.24 bits per heavy atom. The molecule has 0 atom stereocenters. The highest BCUT2D eigenvalue weighted by Gasteiger charge is 2.07. The van der Waals surface area contributed by atoms with Gasteiger partial charge in [-0.3, -0.25) is 14.5 Å². The Morgan fingerprint density at radius 3 is 2.62 bits per heavy atom. The van der Waals surface area contributed by atoms with E-state index < -0.39 is 0 Å². The molecule has 1 aromatic carbocycles. The zero-order valence-electron chi connectivity index (χ0n) is 12.5. The molecule has 0 aliphatic rings. The summed E-state index contributed by atoms with van der Waals surface area (Å²) < 4.78 is 10.0. The molecule has 0 radical (unpaired) electrons. The Balaban J connectivity index is 2.11. The first kappa shape index (κ1) is 17.0. The smallest absolute Gasteiger partial charge is 0.307 e. The van der Waals surface area contributed by atoms with E-state index in [4.69, 9.17) is 4.74 Å². The first-order valence-electron chi connectivity index (χ1n) is 6.81. The van der Waals surface area contributed by atoms with Crippen LogP contribution >= 0.6 is 0 Å². The number of methoxy groups -OCH3 is 1. The molecule has 1 N–H and O–H groups in total. The van der Waals surface area contributed by atoms with E-state index in [1.165, 1.54) is 7.11 Å². The van der Waals surface area contributed by atoms with E-state index in [9.17, 15) is 9.59 Å². The van der Waals surface area contributed by atoms with Crippen LogP contribution in [0.4, 0.5) is 0 Å². The maximum Gasteiger partial charge on any atom is 0.307 e. The Bertz CT molecular complexity index is 437. The third-order valence-electron chi connectivity index (χ3n) is 2.78. The van der Waals surface area contributed by atoms with Gasteiger partial charge in [0.2, 0.25) is 5.91 Å². The van der Waals surface area contributed by atoms with Crippen molar-refractivity contribution in [2.45, 2.75) is 6.42 Å². The van der Waals surface area contributed by atoms with Gasteiger partial charge in [-0.2, -0.15) is 0 Å². The van der Waals surface area contributed by atoms with Crippen LogP contribution in [0.3, 0.4) is 0 Å². The van der Waals surface area contributed by atoms with Gasteiger partial charge in [-0.05, 0) is 19.2 Å². The summed E-state index contributed by atoms with van der Waals surface area (Å²) in [6, 6.07) is 9.53. The van der Waals surface area contributed by atoms with Crippen LogP contribution in [0.5, 0.6) is 5.75 Å². The monoisotopic (exact) mass is 294 g/mol. The highest BCUT2D eigenvalue weighted by Crippen LogP contribution is 2.07. The summed E-state index contributed by atoms with van der Waals surface area (Å²) >= 11 is 0. The Hall–Kier alpha value is -2.08. The Morgan fingerprint density at radius 2 is 1.95 bits per heavy atom. The molecule has 0 spiro atoms. The molecule has 1 aromatic rings. The van der Waals surface area contributed by atoms with Crippen LogP contribution < -0.4 is 10.1 Å². The van der Waals surface area contributed by atoms with Crippen molar-refractivity contribution in [3.63, 3.8) is 0 Å². The van der Waals surface area contributed by atoms with Gasteiger partial charge >= 0.3 is 5.97 Å². The maximum absolute atomic E-state index is 11.6. The Kier molecular flexibility index (Phi) is 7.89. The second kappa shape index (κ2) is 9.77. The molecular weight excluding hydrogens is 272 g/mol. The molecule has 21 heavy (non-hydrogen) atoms. The molecule has 0 aromatic heterocycles. The van der Waals surface area contributed by atoms with Crippen molar-refractivity contribution in [2.24, 2.45) is 0 Å². The first-order valence-corrected chi connectivity index (χ1v) is 6.81. The van der Waals surface area contributed by atoms with Crippen molar-refractivity contribution in [2.75, 3.05) is 40.4 Å². The fraction of sp³-hybridized carbons (Fsp3) is 0.467. The number of nitrogens with one attached hydrogen (secondary N) is 1. The minimum absolute atomic E-state index is 0.124. The second-order valence-corrected chi connectivity index (χ2v) is 4.58. The van der Waals surface area contributed by atoms with Crippen LogP contribution in [-0.4, -0.2) is 57.2 Å².